The Hall–Kier alpha value is -4.42. The molecule has 0 aliphatic rings. The Morgan fingerprint density at radius 3 is 2.67 bits per heavy atom. The third-order valence-corrected chi connectivity index (χ3v) is 6.77. The van der Waals surface area contributed by atoms with E-state index in [0.29, 0.717) is 49.5 Å². The van der Waals surface area contributed by atoms with E-state index in [2.05, 4.69) is 25.5 Å². The van der Waals surface area contributed by atoms with Gasteiger partial charge in [-0.05, 0) is 47.9 Å². The second-order valence-electron chi connectivity index (χ2n) is 9.38. The average Bonchev–Trinajstić information content (AvgIpc) is 3.43. The third kappa shape index (κ3) is 7.07. The molecular formula is C29H26ClF3N6O3. The quantitative estimate of drug-likeness (QED) is 0.112. The number of nitrogens with zero attached hydrogens (tertiary/aromatic N) is 4. The van der Waals surface area contributed by atoms with Crippen LogP contribution in [0.4, 0.5) is 19.0 Å². The van der Waals surface area contributed by atoms with Crippen molar-refractivity contribution in [1.29, 1.82) is 0 Å². The van der Waals surface area contributed by atoms with E-state index < -0.39 is 18.1 Å². The fourth-order valence-electron chi connectivity index (χ4n) is 4.50. The number of benzene rings is 2. The molecule has 0 aliphatic heterocycles. The first-order valence-electron chi connectivity index (χ1n) is 13.0. The number of ether oxygens (including phenoxy) is 2. The minimum Gasteiger partial charge on any atom is -0.465 e. The lowest BCUT2D eigenvalue weighted by atomic mass is 10.1. The van der Waals surface area contributed by atoms with E-state index in [9.17, 15) is 18.0 Å². The highest BCUT2D eigenvalue weighted by Crippen LogP contribution is 2.31. The van der Waals surface area contributed by atoms with Crippen LogP contribution in [0.2, 0.25) is 5.02 Å². The van der Waals surface area contributed by atoms with Crippen LogP contribution >= 0.6 is 11.6 Å². The van der Waals surface area contributed by atoms with Gasteiger partial charge in [-0.15, -0.1) is 13.2 Å². The van der Waals surface area contributed by atoms with Crippen molar-refractivity contribution in [2.75, 3.05) is 25.5 Å². The minimum atomic E-state index is -4.79. The second kappa shape index (κ2) is 12.6. The summed E-state index contributed by atoms with van der Waals surface area (Å²) < 4.78 is 47.8. The van der Waals surface area contributed by atoms with Gasteiger partial charge < -0.3 is 20.1 Å². The molecule has 13 heteroatoms. The van der Waals surface area contributed by atoms with Gasteiger partial charge in [-0.3, -0.25) is 9.67 Å². The zero-order valence-electron chi connectivity index (χ0n) is 22.4. The first-order chi connectivity index (χ1) is 20.2. The van der Waals surface area contributed by atoms with E-state index in [0.717, 1.165) is 27.3 Å². The van der Waals surface area contributed by atoms with Crippen molar-refractivity contribution in [3.63, 3.8) is 0 Å². The van der Waals surface area contributed by atoms with Gasteiger partial charge >= 0.3 is 12.3 Å². The van der Waals surface area contributed by atoms with Crippen molar-refractivity contribution < 1.29 is 27.4 Å². The number of aromatic nitrogens is 4. The molecule has 3 aromatic heterocycles. The molecule has 2 aromatic carbocycles. The molecule has 0 bridgehead atoms. The number of methoxy groups -OCH3 is 1. The average molecular weight is 599 g/mol. The molecule has 0 spiro atoms. The highest BCUT2D eigenvalue weighted by Gasteiger charge is 2.32. The molecule has 0 saturated carbocycles. The molecule has 0 fully saturated rings. The van der Waals surface area contributed by atoms with E-state index in [1.165, 1.54) is 25.3 Å². The summed E-state index contributed by atoms with van der Waals surface area (Å²) in [4.78, 5) is 21.1. The van der Waals surface area contributed by atoms with E-state index in [-0.39, 0.29) is 5.02 Å². The number of halogens is 4. The number of anilines is 1. The van der Waals surface area contributed by atoms with Crippen LogP contribution in [-0.2, 0) is 24.2 Å². The van der Waals surface area contributed by atoms with Crippen molar-refractivity contribution in [2.24, 2.45) is 0 Å². The predicted octanol–water partition coefficient (Wildman–Crippen LogP) is 5.76. The normalized spacial score (nSPS) is 11.6. The van der Waals surface area contributed by atoms with Gasteiger partial charge in [-0.1, -0.05) is 23.7 Å². The monoisotopic (exact) mass is 598 g/mol. The van der Waals surface area contributed by atoms with Gasteiger partial charge in [0, 0.05) is 54.4 Å². The zero-order valence-corrected chi connectivity index (χ0v) is 23.2. The molecule has 0 atom stereocenters. The summed E-state index contributed by atoms with van der Waals surface area (Å²) in [6.07, 6.45) is 3.17. The Morgan fingerprint density at radius 2 is 1.88 bits per heavy atom. The van der Waals surface area contributed by atoms with E-state index in [4.69, 9.17) is 21.3 Å². The Labute approximate surface area is 243 Å². The Bertz CT molecular complexity index is 1730. The predicted molar refractivity (Wildman–Crippen MR) is 153 cm³/mol. The van der Waals surface area contributed by atoms with Crippen molar-refractivity contribution in [1.82, 2.24) is 25.1 Å². The summed E-state index contributed by atoms with van der Waals surface area (Å²) in [6, 6.07) is 11.4. The molecular weight excluding hydrogens is 573 g/mol. The van der Waals surface area contributed by atoms with Crippen LogP contribution in [-0.4, -0.2) is 52.3 Å². The number of carbonyl (C=O) groups is 1. The molecule has 0 saturated heterocycles. The molecule has 5 rings (SSSR count). The first kappa shape index (κ1) is 29.1. The van der Waals surface area contributed by atoms with Crippen molar-refractivity contribution in [3.05, 3.63) is 89.0 Å². The maximum absolute atomic E-state index is 12.4. The van der Waals surface area contributed by atoms with Gasteiger partial charge in [0.1, 0.15) is 11.6 Å². The zero-order chi connectivity index (χ0) is 29.7. The summed E-state index contributed by atoms with van der Waals surface area (Å²) in [5, 5.41) is 13.7. The SMILES string of the molecule is COC(=O)c1ccc2c(c1)nc(NCCc1cnn(CCNCc3ccc(OC(F)(F)F)c(Cl)c3)c1)c1ccncc12. The number of carbonyl (C=O) groups excluding carboxylic acids is 1. The lowest BCUT2D eigenvalue weighted by molar-refractivity contribution is -0.274. The second-order valence-corrected chi connectivity index (χ2v) is 9.79. The molecule has 0 aliphatic carbocycles. The fourth-order valence-corrected chi connectivity index (χ4v) is 4.74. The fraction of sp³-hybridized carbons (Fsp3) is 0.241. The maximum Gasteiger partial charge on any atom is 0.573 e. The van der Waals surface area contributed by atoms with Gasteiger partial charge in [0.2, 0.25) is 0 Å². The van der Waals surface area contributed by atoms with Crippen LogP contribution in [0.3, 0.4) is 0 Å². The topological polar surface area (TPSA) is 103 Å². The largest absolute Gasteiger partial charge is 0.573 e. The van der Waals surface area contributed by atoms with Gasteiger partial charge in [0.15, 0.2) is 0 Å². The summed E-state index contributed by atoms with van der Waals surface area (Å²) >= 11 is 5.91. The summed E-state index contributed by atoms with van der Waals surface area (Å²) in [5.74, 6) is -0.165. The molecule has 2 N–H and O–H groups in total. The Kier molecular flexibility index (Phi) is 8.74. The number of fused-ring (bicyclic) bond motifs is 3. The van der Waals surface area contributed by atoms with Crippen molar-refractivity contribution in [3.8, 4) is 5.75 Å². The molecule has 42 heavy (non-hydrogen) atoms. The molecule has 218 valence electrons. The highest BCUT2D eigenvalue weighted by atomic mass is 35.5. The molecule has 9 nitrogen and oxygen atoms in total. The van der Waals surface area contributed by atoms with Gasteiger partial charge in [-0.25, -0.2) is 9.78 Å². The van der Waals surface area contributed by atoms with Crippen LogP contribution in [0.15, 0.2) is 67.3 Å². The van der Waals surface area contributed by atoms with Gasteiger partial charge in [0.05, 0.1) is 36.0 Å². The number of hydrogen-bond acceptors (Lipinski definition) is 8. The van der Waals surface area contributed by atoms with Crippen molar-refractivity contribution >= 4 is 45.1 Å². The summed E-state index contributed by atoms with van der Waals surface area (Å²) in [5.41, 5.74) is 2.85. The van der Waals surface area contributed by atoms with Crippen LogP contribution < -0.4 is 15.4 Å². The van der Waals surface area contributed by atoms with Crippen LogP contribution in [0, 0.1) is 0 Å². The van der Waals surface area contributed by atoms with E-state index >= 15 is 0 Å². The van der Waals surface area contributed by atoms with Crippen LogP contribution in [0.1, 0.15) is 21.5 Å². The highest BCUT2D eigenvalue weighted by molar-refractivity contribution is 6.32. The lowest BCUT2D eigenvalue weighted by Crippen LogP contribution is -2.20. The number of hydrogen-bond donors (Lipinski definition) is 2. The lowest BCUT2D eigenvalue weighted by Gasteiger charge is -2.12. The molecule has 0 unspecified atom stereocenters. The standard InChI is InChI=1S/C29H26ClF3N6O3/c1-41-28(40)20-3-4-21-23-16-34-8-7-22(23)27(38-25(21)13-20)36-9-6-19-15-37-39(17-19)11-10-35-14-18-2-5-26(24(30)12-18)42-29(31,32)33/h2-5,7-8,12-13,15-17,35H,6,9-11,14H2,1H3,(H,36,38). The number of esters is 1. The number of pyridine rings is 2. The van der Waals surface area contributed by atoms with Crippen molar-refractivity contribution in [2.45, 2.75) is 25.9 Å². The van der Waals surface area contributed by atoms with Gasteiger partial charge in [0.25, 0.3) is 0 Å². The Balaban J connectivity index is 1.15. The van der Waals surface area contributed by atoms with Crippen LogP contribution in [0.5, 0.6) is 5.75 Å². The Morgan fingerprint density at radius 1 is 1.02 bits per heavy atom. The summed E-state index contributed by atoms with van der Waals surface area (Å²) in [7, 11) is 1.34. The smallest absolute Gasteiger partial charge is 0.465 e. The van der Waals surface area contributed by atoms with Gasteiger partial charge in [-0.2, -0.15) is 5.10 Å². The first-order valence-corrected chi connectivity index (χ1v) is 13.3. The number of rotatable bonds is 11. The van der Waals surface area contributed by atoms with E-state index in [1.807, 2.05) is 23.0 Å². The molecule has 3 heterocycles. The molecule has 5 aromatic rings. The van der Waals surface area contributed by atoms with Crippen LogP contribution in [0.25, 0.3) is 21.7 Å². The molecule has 0 amide bonds. The van der Waals surface area contributed by atoms with E-state index in [1.54, 1.807) is 30.7 Å². The number of nitrogens with one attached hydrogen (secondary N) is 2. The third-order valence-electron chi connectivity index (χ3n) is 6.48. The minimum absolute atomic E-state index is 0.105. The molecule has 0 radical (unpaired) electrons. The number of alkyl halides is 3. The maximum atomic E-state index is 12.4. The summed E-state index contributed by atoms with van der Waals surface area (Å²) in [6.45, 7) is 2.22.